The number of pyridine rings is 1. The van der Waals surface area contributed by atoms with Crippen molar-refractivity contribution in [2.45, 2.75) is 20.1 Å². The number of nitrogens with one attached hydrogen (secondary N) is 2. The smallest absolute Gasteiger partial charge is 0.315 e. The lowest BCUT2D eigenvalue weighted by molar-refractivity contribution is 0.241. The van der Waals surface area contributed by atoms with Crippen LogP contribution in [0.15, 0.2) is 54.7 Å². The van der Waals surface area contributed by atoms with Crippen molar-refractivity contribution in [3.63, 3.8) is 0 Å². The van der Waals surface area contributed by atoms with Gasteiger partial charge >= 0.3 is 6.03 Å². The lowest BCUT2D eigenvalue weighted by Crippen LogP contribution is -2.34. The monoisotopic (exact) mass is 434 g/mol. The number of urea groups is 1. The van der Waals surface area contributed by atoms with Crippen LogP contribution in [0.25, 0.3) is 11.1 Å². The molecule has 0 unspecified atom stereocenters. The van der Waals surface area contributed by atoms with E-state index >= 15 is 4.39 Å². The van der Waals surface area contributed by atoms with Crippen LogP contribution in [0.2, 0.25) is 0 Å². The van der Waals surface area contributed by atoms with E-state index in [1.807, 2.05) is 6.92 Å². The van der Waals surface area contributed by atoms with Crippen LogP contribution in [0.4, 0.5) is 9.18 Å². The molecule has 3 aromatic rings. The first kappa shape index (κ1) is 22.6. The summed E-state index contributed by atoms with van der Waals surface area (Å²) >= 11 is 0. The third kappa shape index (κ3) is 5.52. The molecule has 0 aliphatic heterocycles. The van der Waals surface area contributed by atoms with Crippen molar-refractivity contribution in [3.8, 4) is 28.7 Å². The minimum atomic E-state index is -0.477. The second kappa shape index (κ2) is 10.8. The van der Waals surface area contributed by atoms with Gasteiger partial charge in [0, 0.05) is 12.1 Å². The van der Waals surface area contributed by atoms with Gasteiger partial charge in [-0.25, -0.2) is 9.18 Å². The number of amides is 2. The van der Waals surface area contributed by atoms with E-state index in [1.54, 1.807) is 48.5 Å². The maximum absolute atomic E-state index is 15.3. The molecule has 2 N–H and O–H groups in total. The predicted molar refractivity (Wildman–Crippen MR) is 118 cm³/mol. The Morgan fingerprint density at radius 1 is 1.19 bits per heavy atom. The van der Waals surface area contributed by atoms with Crippen LogP contribution in [0.3, 0.4) is 0 Å². The van der Waals surface area contributed by atoms with Gasteiger partial charge in [0.2, 0.25) is 0 Å². The molecule has 0 fully saturated rings. The van der Waals surface area contributed by atoms with Gasteiger partial charge in [-0.1, -0.05) is 12.1 Å². The quantitative estimate of drug-likeness (QED) is 0.555. The maximum atomic E-state index is 15.3. The number of ether oxygens (including phenoxy) is 2. The highest BCUT2D eigenvalue weighted by Crippen LogP contribution is 2.35. The Labute approximate surface area is 185 Å². The molecule has 164 valence electrons. The summed E-state index contributed by atoms with van der Waals surface area (Å²) in [5, 5.41) is 14.5. The topological polar surface area (TPSA) is 96.3 Å². The molecular weight excluding hydrogens is 411 g/mol. The molecule has 0 aliphatic carbocycles. The van der Waals surface area contributed by atoms with E-state index in [0.29, 0.717) is 40.4 Å². The van der Waals surface area contributed by atoms with Gasteiger partial charge in [0.1, 0.15) is 23.9 Å². The first-order chi connectivity index (χ1) is 15.5. The first-order valence-electron chi connectivity index (χ1n) is 10.0. The number of rotatable bonds is 8. The van der Waals surface area contributed by atoms with E-state index in [1.165, 1.54) is 13.3 Å². The van der Waals surface area contributed by atoms with E-state index in [2.05, 4.69) is 21.7 Å². The van der Waals surface area contributed by atoms with E-state index in [-0.39, 0.29) is 24.7 Å². The second-order valence-electron chi connectivity index (χ2n) is 6.80. The van der Waals surface area contributed by atoms with E-state index in [9.17, 15) is 4.79 Å². The van der Waals surface area contributed by atoms with E-state index in [0.717, 1.165) is 0 Å². The fraction of sp³-hybridized carbons (Fsp3) is 0.208. The van der Waals surface area contributed by atoms with Crippen molar-refractivity contribution >= 4 is 6.03 Å². The molecule has 0 saturated carbocycles. The number of carbonyl (C=O) groups excluding carboxylic acids is 1. The van der Waals surface area contributed by atoms with Gasteiger partial charge in [-0.15, -0.1) is 0 Å². The summed E-state index contributed by atoms with van der Waals surface area (Å²) in [5.74, 6) is 0.358. The third-order valence-corrected chi connectivity index (χ3v) is 4.64. The highest BCUT2D eigenvalue weighted by atomic mass is 19.1. The summed E-state index contributed by atoms with van der Waals surface area (Å²) in [5.41, 5.74) is 2.25. The van der Waals surface area contributed by atoms with Crippen LogP contribution in [0.1, 0.15) is 23.7 Å². The molecule has 2 amide bonds. The van der Waals surface area contributed by atoms with E-state index < -0.39 is 5.82 Å². The zero-order valence-electron chi connectivity index (χ0n) is 17.8. The Hall–Kier alpha value is -4.12. The Morgan fingerprint density at radius 3 is 2.72 bits per heavy atom. The summed E-state index contributed by atoms with van der Waals surface area (Å²) in [4.78, 5) is 15.7. The molecule has 0 saturated heterocycles. The van der Waals surface area contributed by atoms with E-state index in [4.69, 9.17) is 14.7 Å². The summed E-state index contributed by atoms with van der Waals surface area (Å²) in [6, 6.07) is 15.2. The van der Waals surface area contributed by atoms with Crippen molar-refractivity contribution < 1.29 is 18.7 Å². The van der Waals surface area contributed by atoms with Gasteiger partial charge < -0.3 is 20.1 Å². The highest BCUT2D eigenvalue weighted by molar-refractivity contribution is 5.74. The van der Waals surface area contributed by atoms with Crippen LogP contribution in [-0.2, 0) is 13.2 Å². The number of carbonyl (C=O) groups is 1. The normalized spacial score (nSPS) is 10.2. The van der Waals surface area contributed by atoms with Crippen LogP contribution < -0.4 is 20.1 Å². The number of methoxy groups -OCH3 is 1. The Morgan fingerprint density at radius 2 is 2.03 bits per heavy atom. The summed E-state index contributed by atoms with van der Waals surface area (Å²) in [6.45, 7) is 2.64. The molecular formula is C24H23FN4O3. The second-order valence-corrected chi connectivity index (χ2v) is 6.80. The Balaban J connectivity index is 1.73. The van der Waals surface area contributed by atoms with Crippen molar-refractivity contribution in [1.82, 2.24) is 15.6 Å². The molecule has 8 heteroatoms. The lowest BCUT2D eigenvalue weighted by atomic mass is 9.99. The molecule has 2 aromatic carbocycles. The third-order valence-electron chi connectivity index (χ3n) is 4.64. The fourth-order valence-corrected chi connectivity index (χ4v) is 3.05. The number of benzene rings is 2. The number of nitrogens with zero attached hydrogens (tertiary/aromatic N) is 2. The SMILES string of the molecule is CCNC(=O)NCc1ccc(OCc2ccc(OC)c(-c3cccc(C#N)c3)c2F)cn1. The highest BCUT2D eigenvalue weighted by Gasteiger charge is 2.17. The van der Waals surface area contributed by atoms with Crippen molar-refractivity contribution in [2.24, 2.45) is 0 Å². The average molecular weight is 434 g/mol. The lowest BCUT2D eigenvalue weighted by Gasteiger charge is -2.14. The van der Waals surface area contributed by atoms with Crippen molar-refractivity contribution in [3.05, 3.63) is 77.4 Å². The number of hydrogen-bond donors (Lipinski definition) is 2. The number of hydrogen-bond acceptors (Lipinski definition) is 5. The number of aromatic nitrogens is 1. The number of halogens is 1. The van der Waals surface area contributed by atoms with Crippen molar-refractivity contribution in [2.75, 3.05) is 13.7 Å². The predicted octanol–water partition coefficient (Wildman–Crippen LogP) is 4.17. The first-order valence-corrected chi connectivity index (χ1v) is 10.0. The van der Waals surface area contributed by atoms with Crippen LogP contribution in [-0.4, -0.2) is 24.7 Å². The van der Waals surface area contributed by atoms with Gasteiger partial charge in [0.05, 0.1) is 42.7 Å². The Kier molecular flexibility index (Phi) is 7.60. The zero-order valence-corrected chi connectivity index (χ0v) is 17.8. The van der Waals surface area contributed by atoms with Gasteiger partial charge in [-0.3, -0.25) is 4.98 Å². The molecule has 3 rings (SSSR count). The van der Waals surface area contributed by atoms with Crippen molar-refractivity contribution in [1.29, 1.82) is 5.26 Å². The standard InChI is InChI=1S/C24H23FN4O3/c1-3-27-24(30)29-13-19-8-9-20(14-28-19)32-15-18-7-10-21(31-2)22(23(18)25)17-6-4-5-16(11-17)12-26/h4-11,14H,3,13,15H2,1-2H3,(H2,27,29,30). The number of nitriles is 1. The summed E-state index contributed by atoms with van der Waals surface area (Å²) < 4.78 is 26.4. The zero-order chi connectivity index (χ0) is 22.9. The minimum Gasteiger partial charge on any atom is -0.496 e. The molecule has 0 atom stereocenters. The Bertz CT molecular complexity index is 1130. The van der Waals surface area contributed by atoms with Gasteiger partial charge in [0.15, 0.2) is 0 Å². The molecule has 0 spiro atoms. The largest absolute Gasteiger partial charge is 0.496 e. The molecule has 7 nitrogen and oxygen atoms in total. The molecule has 1 heterocycles. The van der Waals surface area contributed by atoms with Crippen LogP contribution >= 0.6 is 0 Å². The molecule has 1 aromatic heterocycles. The molecule has 0 radical (unpaired) electrons. The van der Waals surface area contributed by atoms with Crippen LogP contribution in [0.5, 0.6) is 11.5 Å². The van der Waals surface area contributed by atoms with Gasteiger partial charge in [-0.2, -0.15) is 5.26 Å². The summed E-state index contributed by atoms with van der Waals surface area (Å²) in [6.07, 6.45) is 1.52. The minimum absolute atomic E-state index is 0.0149. The maximum Gasteiger partial charge on any atom is 0.315 e. The van der Waals surface area contributed by atoms with Gasteiger partial charge in [0.25, 0.3) is 0 Å². The molecule has 0 bridgehead atoms. The van der Waals surface area contributed by atoms with Crippen LogP contribution in [0, 0.1) is 17.1 Å². The average Bonchev–Trinajstić information content (AvgIpc) is 2.82. The van der Waals surface area contributed by atoms with Gasteiger partial charge in [-0.05, 0) is 48.9 Å². The fourth-order valence-electron chi connectivity index (χ4n) is 3.05. The molecule has 0 aliphatic rings. The summed E-state index contributed by atoms with van der Waals surface area (Å²) in [7, 11) is 1.47. The molecule has 32 heavy (non-hydrogen) atoms.